The van der Waals surface area contributed by atoms with Crippen molar-refractivity contribution in [2.75, 3.05) is 6.61 Å². The molecule has 1 aromatic heterocycles. The highest BCUT2D eigenvalue weighted by Gasteiger charge is 2.21. The van der Waals surface area contributed by atoms with Gasteiger partial charge >= 0.3 is 0 Å². The lowest BCUT2D eigenvalue weighted by Gasteiger charge is -2.12. The number of carbonyl (C=O) groups is 1. The summed E-state index contributed by atoms with van der Waals surface area (Å²) in [4.78, 5) is 10.4. The standard InChI is InChI=1S/C6H11N5O2S/c7-4(3-13)5(14)6-8-9-10-11(6)1-2-12/h3-5,12,14H,1-2,7H2. The van der Waals surface area contributed by atoms with Gasteiger partial charge in [0.1, 0.15) is 6.29 Å². The van der Waals surface area contributed by atoms with Crippen LogP contribution in [0, 0.1) is 0 Å². The molecule has 0 aromatic carbocycles. The zero-order valence-corrected chi connectivity index (χ0v) is 8.21. The predicted molar refractivity (Wildman–Crippen MR) is 50.7 cm³/mol. The van der Waals surface area contributed by atoms with Crippen molar-refractivity contribution < 1.29 is 9.90 Å². The molecule has 0 saturated carbocycles. The largest absolute Gasteiger partial charge is 0.394 e. The van der Waals surface area contributed by atoms with Gasteiger partial charge in [0, 0.05) is 0 Å². The number of nitrogens with two attached hydrogens (primary N) is 1. The SMILES string of the molecule is NC(C=O)C(S)c1nnnn1CCO. The molecule has 8 heteroatoms. The third-order valence-electron chi connectivity index (χ3n) is 1.66. The highest BCUT2D eigenvalue weighted by molar-refractivity contribution is 7.80. The molecule has 0 radical (unpaired) electrons. The van der Waals surface area contributed by atoms with Crippen LogP contribution in [0.25, 0.3) is 0 Å². The lowest BCUT2D eigenvalue weighted by molar-refractivity contribution is -0.108. The van der Waals surface area contributed by atoms with Crippen molar-refractivity contribution in [3.05, 3.63) is 5.82 Å². The molecule has 0 fully saturated rings. The molecule has 2 unspecified atom stereocenters. The molecule has 14 heavy (non-hydrogen) atoms. The number of aliphatic hydroxyl groups is 1. The number of tetrazole rings is 1. The molecule has 0 spiro atoms. The molecular formula is C6H11N5O2S. The monoisotopic (exact) mass is 217 g/mol. The average molecular weight is 217 g/mol. The fourth-order valence-corrected chi connectivity index (χ4v) is 1.18. The van der Waals surface area contributed by atoms with E-state index in [2.05, 4.69) is 28.2 Å². The summed E-state index contributed by atoms with van der Waals surface area (Å²) in [6.45, 7) is 0.167. The summed E-state index contributed by atoms with van der Waals surface area (Å²) in [6.07, 6.45) is 0.579. The van der Waals surface area contributed by atoms with E-state index < -0.39 is 11.3 Å². The van der Waals surface area contributed by atoms with Crippen molar-refractivity contribution in [2.45, 2.75) is 17.8 Å². The molecule has 0 amide bonds. The van der Waals surface area contributed by atoms with Crippen molar-refractivity contribution >= 4 is 18.9 Å². The third kappa shape index (κ3) is 2.28. The number of hydrogen-bond donors (Lipinski definition) is 3. The van der Waals surface area contributed by atoms with E-state index in [1.54, 1.807) is 0 Å². The van der Waals surface area contributed by atoms with Crippen LogP contribution in [-0.4, -0.2) is 44.2 Å². The van der Waals surface area contributed by atoms with Gasteiger partial charge in [-0.15, -0.1) is 5.10 Å². The topological polar surface area (TPSA) is 107 Å². The summed E-state index contributed by atoms with van der Waals surface area (Å²) >= 11 is 4.12. The Balaban J connectivity index is 2.82. The highest BCUT2D eigenvalue weighted by atomic mass is 32.1. The first kappa shape index (κ1) is 11.1. The summed E-state index contributed by atoms with van der Waals surface area (Å²) in [5, 5.41) is 18.8. The minimum Gasteiger partial charge on any atom is -0.394 e. The molecule has 78 valence electrons. The van der Waals surface area contributed by atoms with Gasteiger partial charge in [-0.3, -0.25) is 0 Å². The molecule has 0 aliphatic heterocycles. The van der Waals surface area contributed by atoms with Gasteiger partial charge in [-0.25, -0.2) is 4.68 Å². The van der Waals surface area contributed by atoms with E-state index in [1.807, 2.05) is 0 Å². The molecule has 2 atom stereocenters. The smallest absolute Gasteiger partial charge is 0.166 e. The zero-order chi connectivity index (χ0) is 10.6. The van der Waals surface area contributed by atoms with Crippen LogP contribution < -0.4 is 5.73 Å². The van der Waals surface area contributed by atoms with Crippen LogP contribution in [0.2, 0.25) is 0 Å². The Morgan fingerprint density at radius 1 is 1.71 bits per heavy atom. The minimum absolute atomic E-state index is 0.0884. The van der Waals surface area contributed by atoms with Crippen LogP contribution >= 0.6 is 12.6 Å². The van der Waals surface area contributed by atoms with Gasteiger partial charge in [0.05, 0.1) is 24.4 Å². The third-order valence-corrected chi connectivity index (χ3v) is 2.23. The Morgan fingerprint density at radius 2 is 2.43 bits per heavy atom. The normalized spacial score (nSPS) is 15.1. The number of carbonyl (C=O) groups excluding carboxylic acids is 1. The summed E-state index contributed by atoms with van der Waals surface area (Å²) in [7, 11) is 0. The minimum atomic E-state index is -0.762. The first-order valence-corrected chi connectivity index (χ1v) is 4.48. The van der Waals surface area contributed by atoms with Crippen molar-refractivity contribution in [1.82, 2.24) is 20.2 Å². The van der Waals surface area contributed by atoms with Crippen LogP contribution in [0.15, 0.2) is 0 Å². The summed E-state index contributed by atoms with van der Waals surface area (Å²) in [5.41, 5.74) is 5.46. The second-order valence-electron chi connectivity index (χ2n) is 2.64. The van der Waals surface area contributed by atoms with E-state index in [0.717, 1.165) is 0 Å². The number of nitrogens with zero attached hydrogens (tertiary/aromatic N) is 4. The predicted octanol–water partition coefficient (Wildman–Crippen LogP) is -1.84. The fourth-order valence-electron chi connectivity index (χ4n) is 0.924. The molecule has 0 aliphatic carbocycles. The molecule has 1 heterocycles. The second-order valence-corrected chi connectivity index (χ2v) is 3.20. The number of aliphatic hydroxyl groups excluding tert-OH is 1. The van der Waals surface area contributed by atoms with Crippen LogP contribution in [0.5, 0.6) is 0 Å². The van der Waals surface area contributed by atoms with Crippen molar-refractivity contribution in [2.24, 2.45) is 5.73 Å². The maximum Gasteiger partial charge on any atom is 0.166 e. The van der Waals surface area contributed by atoms with E-state index in [-0.39, 0.29) is 13.2 Å². The molecule has 3 N–H and O–H groups in total. The lowest BCUT2D eigenvalue weighted by Crippen LogP contribution is -2.29. The van der Waals surface area contributed by atoms with Gasteiger partial charge in [-0.05, 0) is 10.4 Å². The molecule has 0 bridgehead atoms. The van der Waals surface area contributed by atoms with Gasteiger partial charge in [-0.1, -0.05) is 0 Å². The Bertz CT molecular complexity index is 304. The van der Waals surface area contributed by atoms with E-state index in [4.69, 9.17) is 10.8 Å². The highest BCUT2D eigenvalue weighted by Crippen LogP contribution is 2.18. The maximum absolute atomic E-state index is 10.4. The number of rotatable bonds is 5. The van der Waals surface area contributed by atoms with Gasteiger partial charge in [0.2, 0.25) is 0 Å². The summed E-state index contributed by atoms with van der Waals surface area (Å²) < 4.78 is 1.36. The van der Waals surface area contributed by atoms with Crippen molar-refractivity contribution in [1.29, 1.82) is 0 Å². The van der Waals surface area contributed by atoms with E-state index in [0.29, 0.717) is 12.1 Å². The van der Waals surface area contributed by atoms with Crippen LogP contribution in [0.1, 0.15) is 11.1 Å². The summed E-state index contributed by atoms with van der Waals surface area (Å²) in [5.74, 6) is 0.377. The second kappa shape index (κ2) is 5.03. The molecule has 7 nitrogen and oxygen atoms in total. The summed E-state index contributed by atoms with van der Waals surface area (Å²) in [6, 6.07) is -0.762. The molecule has 1 rings (SSSR count). The van der Waals surface area contributed by atoms with E-state index in [9.17, 15) is 4.79 Å². The van der Waals surface area contributed by atoms with E-state index in [1.165, 1.54) is 4.68 Å². The zero-order valence-electron chi connectivity index (χ0n) is 7.32. The quantitative estimate of drug-likeness (QED) is 0.395. The molecule has 1 aromatic rings. The molecule has 0 aliphatic rings. The Morgan fingerprint density at radius 3 is 3.00 bits per heavy atom. The molecule has 0 saturated heterocycles. The number of aldehydes is 1. The van der Waals surface area contributed by atoms with Crippen LogP contribution in [0.3, 0.4) is 0 Å². The Labute approximate surface area is 85.7 Å². The Hall–Kier alpha value is -0.990. The number of aromatic nitrogens is 4. The van der Waals surface area contributed by atoms with E-state index >= 15 is 0 Å². The van der Waals surface area contributed by atoms with Gasteiger partial charge < -0.3 is 15.6 Å². The van der Waals surface area contributed by atoms with Crippen LogP contribution in [0.4, 0.5) is 0 Å². The maximum atomic E-state index is 10.4. The lowest BCUT2D eigenvalue weighted by atomic mass is 10.2. The van der Waals surface area contributed by atoms with Gasteiger partial charge in [-0.2, -0.15) is 12.6 Å². The van der Waals surface area contributed by atoms with Crippen molar-refractivity contribution in [3.63, 3.8) is 0 Å². The van der Waals surface area contributed by atoms with Crippen LogP contribution in [-0.2, 0) is 11.3 Å². The molecular weight excluding hydrogens is 206 g/mol. The number of hydrogen-bond acceptors (Lipinski definition) is 7. The average Bonchev–Trinajstić information content (AvgIpc) is 2.64. The first-order valence-electron chi connectivity index (χ1n) is 3.96. The van der Waals surface area contributed by atoms with Crippen molar-refractivity contribution in [3.8, 4) is 0 Å². The fraction of sp³-hybridized carbons (Fsp3) is 0.667. The Kier molecular flexibility index (Phi) is 3.98. The van der Waals surface area contributed by atoms with Gasteiger partial charge in [0.15, 0.2) is 5.82 Å². The number of thiol groups is 1. The first-order chi connectivity index (χ1) is 6.70. The van der Waals surface area contributed by atoms with Gasteiger partial charge in [0.25, 0.3) is 0 Å².